The number of nitrogens with zero attached hydrogens (tertiary/aromatic N) is 2. The Morgan fingerprint density at radius 2 is 1.86 bits per heavy atom. The van der Waals surface area contributed by atoms with E-state index in [2.05, 4.69) is 71.7 Å². The van der Waals surface area contributed by atoms with Crippen molar-refractivity contribution in [3.8, 4) is 0 Å². The van der Waals surface area contributed by atoms with Gasteiger partial charge in [0.15, 0.2) is 0 Å². The van der Waals surface area contributed by atoms with Gasteiger partial charge in [-0.05, 0) is 66.5 Å². The first-order valence-electron chi connectivity index (χ1n) is 8.18. The summed E-state index contributed by atoms with van der Waals surface area (Å²) < 4.78 is 0. The number of rotatable bonds is 6. The van der Waals surface area contributed by atoms with Crippen LogP contribution in [-0.4, -0.2) is 23.1 Å². The summed E-state index contributed by atoms with van der Waals surface area (Å²) in [6, 6.07) is 2.70. The molecule has 3 heteroatoms. The molecular formula is C18H33N3. The zero-order valence-corrected chi connectivity index (χ0v) is 15.2. The van der Waals surface area contributed by atoms with Crippen LogP contribution in [0.2, 0.25) is 0 Å². The van der Waals surface area contributed by atoms with Gasteiger partial charge in [-0.2, -0.15) is 0 Å². The van der Waals surface area contributed by atoms with E-state index in [-0.39, 0.29) is 5.54 Å². The molecule has 1 N–H and O–H groups in total. The first-order valence-corrected chi connectivity index (χ1v) is 8.18. The molecule has 0 saturated heterocycles. The van der Waals surface area contributed by atoms with Crippen molar-refractivity contribution < 1.29 is 0 Å². The predicted octanol–water partition coefficient (Wildman–Crippen LogP) is 4.21. The van der Waals surface area contributed by atoms with Crippen molar-refractivity contribution >= 4 is 5.82 Å². The lowest BCUT2D eigenvalue weighted by molar-refractivity contribution is 0.423. The number of hydrogen-bond acceptors (Lipinski definition) is 3. The fraction of sp³-hybridized carbons (Fsp3) is 0.722. The summed E-state index contributed by atoms with van der Waals surface area (Å²) in [4.78, 5) is 7.29. The van der Waals surface area contributed by atoms with Gasteiger partial charge < -0.3 is 10.2 Å². The Balaban J connectivity index is 3.21. The topological polar surface area (TPSA) is 28.2 Å². The number of nitrogens with one attached hydrogen (secondary N) is 1. The minimum absolute atomic E-state index is 0.113. The second kappa shape index (κ2) is 7.26. The van der Waals surface area contributed by atoms with Crippen LogP contribution < -0.4 is 10.2 Å². The molecule has 0 aromatic carbocycles. The van der Waals surface area contributed by atoms with Crippen molar-refractivity contribution in [2.75, 3.05) is 11.4 Å². The molecule has 1 atom stereocenters. The van der Waals surface area contributed by atoms with Crippen LogP contribution in [0.3, 0.4) is 0 Å². The molecule has 0 bridgehead atoms. The summed E-state index contributed by atoms with van der Waals surface area (Å²) in [6.45, 7) is 19.5. The Kier molecular flexibility index (Phi) is 6.21. The van der Waals surface area contributed by atoms with Gasteiger partial charge >= 0.3 is 0 Å². The number of aryl methyl sites for hydroxylation is 2. The molecule has 1 heterocycles. The van der Waals surface area contributed by atoms with Gasteiger partial charge in [0.25, 0.3) is 0 Å². The lowest BCUT2D eigenvalue weighted by atomic mass is 10.0. The smallest absolute Gasteiger partial charge is 0.133 e. The first kappa shape index (κ1) is 18.0. The minimum Gasteiger partial charge on any atom is -0.354 e. The highest BCUT2D eigenvalue weighted by Crippen LogP contribution is 2.25. The Morgan fingerprint density at radius 3 is 2.33 bits per heavy atom. The normalized spacial score (nSPS) is 13.3. The van der Waals surface area contributed by atoms with Gasteiger partial charge in [-0.3, -0.25) is 0 Å². The third kappa shape index (κ3) is 4.99. The van der Waals surface area contributed by atoms with E-state index in [0.29, 0.717) is 6.04 Å². The first-order chi connectivity index (χ1) is 9.69. The predicted molar refractivity (Wildman–Crippen MR) is 93.1 cm³/mol. The maximum absolute atomic E-state index is 4.86. The summed E-state index contributed by atoms with van der Waals surface area (Å²) >= 11 is 0. The minimum atomic E-state index is 0.113. The highest BCUT2D eigenvalue weighted by Gasteiger charge is 2.19. The molecule has 0 aliphatic heterocycles. The average molecular weight is 291 g/mol. The van der Waals surface area contributed by atoms with Gasteiger partial charge in [0.05, 0.1) is 0 Å². The monoisotopic (exact) mass is 291 g/mol. The third-order valence-corrected chi connectivity index (χ3v) is 3.98. The molecule has 0 radical (unpaired) electrons. The lowest BCUT2D eigenvalue weighted by Gasteiger charge is -2.32. The van der Waals surface area contributed by atoms with Gasteiger partial charge in [0.1, 0.15) is 5.82 Å². The second-order valence-electron chi connectivity index (χ2n) is 7.03. The Hall–Kier alpha value is -1.09. The SMILES string of the molecule is CCC(C)N(CC)c1nc(C)cc(C)c1CNC(C)(C)C. The van der Waals surface area contributed by atoms with Crippen molar-refractivity contribution in [2.24, 2.45) is 0 Å². The van der Waals surface area contributed by atoms with E-state index < -0.39 is 0 Å². The van der Waals surface area contributed by atoms with Gasteiger partial charge in [-0.25, -0.2) is 4.98 Å². The molecule has 0 amide bonds. The molecule has 1 aromatic rings. The summed E-state index contributed by atoms with van der Waals surface area (Å²) in [5, 5.41) is 3.61. The largest absolute Gasteiger partial charge is 0.354 e. The Morgan fingerprint density at radius 1 is 1.24 bits per heavy atom. The molecule has 0 saturated carbocycles. The highest BCUT2D eigenvalue weighted by molar-refractivity contribution is 5.52. The van der Waals surface area contributed by atoms with Crippen LogP contribution in [0, 0.1) is 13.8 Å². The molecular weight excluding hydrogens is 258 g/mol. The molecule has 1 aromatic heterocycles. The van der Waals surface area contributed by atoms with E-state index in [4.69, 9.17) is 4.98 Å². The number of hydrogen-bond donors (Lipinski definition) is 1. The second-order valence-corrected chi connectivity index (χ2v) is 7.03. The van der Waals surface area contributed by atoms with E-state index in [1.165, 1.54) is 11.1 Å². The van der Waals surface area contributed by atoms with Crippen molar-refractivity contribution in [1.29, 1.82) is 0 Å². The van der Waals surface area contributed by atoms with Crippen molar-refractivity contribution in [1.82, 2.24) is 10.3 Å². The maximum atomic E-state index is 4.86. The van der Waals surface area contributed by atoms with E-state index in [9.17, 15) is 0 Å². The van der Waals surface area contributed by atoms with Gasteiger partial charge in [-0.1, -0.05) is 6.92 Å². The van der Waals surface area contributed by atoms with Crippen LogP contribution in [0.1, 0.15) is 64.8 Å². The van der Waals surface area contributed by atoms with Crippen molar-refractivity contribution in [2.45, 2.75) is 79.9 Å². The Bertz CT molecular complexity index is 460. The summed E-state index contributed by atoms with van der Waals surface area (Å²) in [5.74, 6) is 1.15. The quantitative estimate of drug-likeness (QED) is 0.851. The Labute approximate surface area is 131 Å². The van der Waals surface area contributed by atoms with Crippen LogP contribution in [0.5, 0.6) is 0 Å². The molecule has 21 heavy (non-hydrogen) atoms. The molecule has 120 valence electrons. The zero-order valence-electron chi connectivity index (χ0n) is 15.2. The van der Waals surface area contributed by atoms with Crippen molar-refractivity contribution in [3.63, 3.8) is 0 Å². The van der Waals surface area contributed by atoms with E-state index in [0.717, 1.165) is 31.0 Å². The fourth-order valence-corrected chi connectivity index (χ4v) is 2.54. The van der Waals surface area contributed by atoms with Crippen LogP contribution in [-0.2, 0) is 6.54 Å². The maximum Gasteiger partial charge on any atom is 0.133 e. The number of anilines is 1. The van der Waals surface area contributed by atoms with Crippen molar-refractivity contribution in [3.05, 3.63) is 22.9 Å². The van der Waals surface area contributed by atoms with E-state index in [1.807, 2.05) is 0 Å². The van der Waals surface area contributed by atoms with Gasteiger partial charge in [0, 0.05) is 35.9 Å². The van der Waals surface area contributed by atoms with Gasteiger partial charge in [-0.15, -0.1) is 0 Å². The van der Waals surface area contributed by atoms with Crippen LogP contribution in [0.25, 0.3) is 0 Å². The van der Waals surface area contributed by atoms with Crippen LogP contribution in [0.4, 0.5) is 5.82 Å². The van der Waals surface area contributed by atoms with Gasteiger partial charge in [0.2, 0.25) is 0 Å². The molecule has 1 unspecified atom stereocenters. The summed E-state index contributed by atoms with van der Waals surface area (Å²) in [7, 11) is 0. The number of pyridine rings is 1. The molecule has 0 fully saturated rings. The van der Waals surface area contributed by atoms with Crippen LogP contribution >= 0.6 is 0 Å². The molecule has 1 rings (SSSR count). The standard InChI is InChI=1S/C18H33N3/c1-9-15(5)21(10-2)17-16(12-19-18(6,7)8)13(3)11-14(4)20-17/h11,15,19H,9-10,12H2,1-8H3. The summed E-state index contributed by atoms with van der Waals surface area (Å²) in [5.41, 5.74) is 3.87. The summed E-state index contributed by atoms with van der Waals surface area (Å²) in [6.07, 6.45) is 1.13. The number of aromatic nitrogens is 1. The lowest BCUT2D eigenvalue weighted by Crippen LogP contribution is -2.38. The molecule has 0 aliphatic carbocycles. The highest BCUT2D eigenvalue weighted by atomic mass is 15.2. The van der Waals surface area contributed by atoms with E-state index >= 15 is 0 Å². The molecule has 0 aliphatic rings. The van der Waals surface area contributed by atoms with E-state index in [1.54, 1.807) is 0 Å². The average Bonchev–Trinajstić information content (AvgIpc) is 2.36. The third-order valence-electron chi connectivity index (χ3n) is 3.98. The molecule has 3 nitrogen and oxygen atoms in total. The fourth-order valence-electron chi connectivity index (χ4n) is 2.54. The zero-order chi connectivity index (χ0) is 16.2. The molecule has 0 spiro atoms. The van der Waals surface area contributed by atoms with Crippen LogP contribution in [0.15, 0.2) is 6.07 Å².